The second kappa shape index (κ2) is 45.6. The maximum absolute atomic E-state index is 13.0. The monoisotopic (exact) mass is 2000 g/mol. The lowest BCUT2D eigenvalue weighted by Crippen LogP contribution is -2.18. The fraction of sp³-hybridized carbons (Fsp3) is 0.113. The van der Waals surface area contributed by atoms with Gasteiger partial charge in [0.25, 0.3) is 0 Å². The Balaban J connectivity index is 0.000000150. The zero-order chi connectivity index (χ0) is 101. The number of rotatable bonds is 27. The quantitative estimate of drug-likeness (QED) is 0.0462. The van der Waals surface area contributed by atoms with E-state index in [1.54, 1.807) is 295 Å². The summed E-state index contributed by atoms with van der Waals surface area (Å²) in [7, 11) is -14.6. The van der Waals surface area contributed by atoms with Crippen molar-refractivity contribution in [2.45, 2.75) is 108 Å². The maximum Gasteiger partial charge on any atom is 0.206 e. The first-order valence-electron chi connectivity index (χ1n) is 44.2. The summed E-state index contributed by atoms with van der Waals surface area (Å²) in [5.74, 6) is 7.96. The molecule has 0 aliphatic rings. The van der Waals surface area contributed by atoms with Crippen LogP contribution in [0.5, 0.6) is 69.0 Å². The highest BCUT2D eigenvalue weighted by Gasteiger charge is 2.26. The third-order valence-electron chi connectivity index (χ3n) is 22.7. The van der Waals surface area contributed by atoms with Gasteiger partial charge >= 0.3 is 0 Å². The van der Waals surface area contributed by atoms with Crippen molar-refractivity contribution in [2.24, 2.45) is 0 Å². The minimum Gasteiger partial charge on any atom is -0.497 e. The zero-order valence-electron chi connectivity index (χ0n) is 79.4. The molecule has 0 atom stereocenters. The van der Waals surface area contributed by atoms with Crippen molar-refractivity contribution < 1.29 is 88.4 Å². The summed E-state index contributed by atoms with van der Waals surface area (Å²) >= 11 is 0. The Morgan fingerprint density at radius 1 is 0.163 bits per heavy atom. The minimum atomic E-state index is -3.69. The van der Waals surface area contributed by atoms with Crippen molar-refractivity contribution in [2.75, 3.05) is 34.7 Å². The summed E-state index contributed by atoms with van der Waals surface area (Å²) in [6.45, 7) is 14.0. The van der Waals surface area contributed by atoms with Crippen molar-refractivity contribution in [3.05, 3.63) is 451 Å². The molecule has 0 unspecified atom stereocenters. The van der Waals surface area contributed by atoms with Gasteiger partial charge in [0, 0.05) is 11.7 Å². The zero-order valence-corrected chi connectivity index (χ0v) is 84.3. The van der Waals surface area contributed by atoms with Gasteiger partial charge in [-0.1, -0.05) is 175 Å². The van der Waals surface area contributed by atoms with Crippen molar-refractivity contribution in [1.29, 1.82) is 0 Å². The lowest BCUT2D eigenvalue weighted by atomic mass is 9.78. The Labute approximate surface area is 826 Å². The van der Waals surface area contributed by atoms with Crippen molar-refractivity contribution in [3.8, 4) is 91.2 Å². The molecular formula is C115H104O20S6. The van der Waals surface area contributed by atoms with Gasteiger partial charge in [-0.25, -0.2) is 50.5 Å². The molecule has 720 valence electrons. The SMILES string of the molecule is COc1ccc(-c2ccc(Oc3ccc(S(=O)(=O)c4ccc(C)cc4)cc3)cc2)cc1.COc1ccc(C(C)(C)c2ccc(Oc3ccc(S(=O)(=O)c4ccc(C)cc4)cc3)cc2)cc1.COc1ccc(Oc2ccc(S(=O)(=O)c3ccc(C)cc3)cc2)cc1.COc1ccc(S(=O)(=O)c2ccc(C)cc2)cc1.Cc1ccc(Oc2ccc(S(=O)(=O)c3ccc(-c4ccc(S(C)(=O)=O)cc4)cc3)cc2)cc1. The Kier molecular flexibility index (Phi) is 33.4. The molecule has 0 N–H and O–H groups in total. The molecule has 0 bridgehead atoms. The van der Waals surface area contributed by atoms with E-state index in [1.165, 1.54) is 29.8 Å². The summed E-state index contributed by atoms with van der Waals surface area (Å²) in [5, 5.41) is 0. The van der Waals surface area contributed by atoms with Gasteiger partial charge < -0.3 is 37.9 Å². The van der Waals surface area contributed by atoms with Gasteiger partial charge in [0.1, 0.15) is 69.0 Å². The smallest absolute Gasteiger partial charge is 0.206 e. The van der Waals surface area contributed by atoms with Crippen molar-refractivity contribution in [3.63, 3.8) is 0 Å². The molecule has 0 fully saturated rings. The van der Waals surface area contributed by atoms with Crippen LogP contribution in [0.15, 0.2) is 466 Å². The molecule has 26 heteroatoms. The molecule has 0 heterocycles. The van der Waals surface area contributed by atoms with E-state index in [0.717, 1.165) is 79.1 Å². The lowest BCUT2D eigenvalue weighted by molar-refractivity contribution is 0.413. The van der Waals surface area contributed by atoms with Gasteiger partial charge in [-0.05, 0) is 347 Å². The molecule has 17 rings (SSSR count). The third kappa shape index (κ3) is 26.9. The molecule has 17 aromatic carbocycles. The predicted molar refractivity (Wildman–Crippen MR) is 550 cm³/mol. The van der Waals surface area contributed by atoms with Gasteiger partial charge in [-0.2, -0.15) is 0 Å². The second-order valence-electron chi connectivity index (χ2n) is 33.2. The number of hydrogen-bond donors (Lipinski definition) is 0. The number of benzene rings is 17. The van der Waals surface area contributed by atoms with Crippen LogP contribution in [0.3, 0.4) is 0 Å². The highest BCUT2D eigenvalue weighted by molar-refractivity contribution is 7.93. The fourth-order valence-corrected chi connectivity index (χ4v) is 21.1. The van der Waals surface area contributed by atoms with Crippen molar-refractivity contribution in [1.82, 2.24) is 0 Å². The summed E-state index contributed by atoms with van der Waals surface area (Å²) in [5.41, 5.74) is 11.1. The first-order valence-corrected chi connectivity index (χ1v) is 53.5. The van der Waals surface area contributed by atoms with Gasteiger partial charge in [-0.3, -0.25) is 0 Å². The van der Waals surface area contributed by atoms with Crippen LogP contribution < -0.4 is 37.9 Å². The average molecular weight is 2000 g/mol. The highest BCUT2D eigenvalue weighted by Crippen LogP contribution is 2.38. The van der Waals surface area contributed by atoms with Crippen LogP contribution in [0.1, 0.15) is 52.8 Å². The fourth-order valence-electron chi connectivity index (χ4n) is 14.2. The van der Waals surface area contributed by atoms with E-state index in [9.17, 15) is 50.5 Å². The normalized spacial score (nSPS) is 11.5. The Morgan fingerprint density at radius 2 is 0.284 bits per heavy atom. The summed E-state index contributed by atoms with van der Waals surface area (Å²) in [6.07, 6.45) is 1.16. The molecule has 20 nitrogen and oxygen atoms in total. The van der Waals surface area contributed by atoms with Crippen LogP contribution in [0.2, 0.25) is 0 Å². The van der Waals surface area contributed by atoms with Crippen LogP contribution in [0, 0.1) is 34.6 Å². The van der Waals surface area contributed by atoms with Crippen LogP contribution >= 0.6 is 0 Å². The second-order valence-corrected chi connectivity index (χ2v) is 44.9. The molecule has 0 saturated heterocycles. The van der Waals surface area contributed by atoms with E-state index < -0.39 is 59.0 Å². The van der Waals surface area contributed by atoms with Gasteiger partial charge in [0.2, 0.25) is 49.2 Å². The molecule has 17 aromatic rings. The first-order chi connectivity index (χ1) is 67.3. The molecule has 141 heavy (non-hydrogen) atoms. The summed E-state index contributed by atoms with van der Waals surface area (Å²) < 4.78 is 194. The summed E-state index contributed by atoms with van der Waals surface area (Å²) in [6, 6.07) is 119. The lowest BCUT2D eigenvalue weighted by Gasteiger charge is -2.26. The molecule has 0 radical (unpaired) electrons. The molecule has 0 amide bonds. The Morgan fingerprint density at radius 3 is 0.482 bits per heavy atom. The standard InChI is InChI=1S/C29H28O4S.C26H22O5S2.C26H22O4S.C20H18O4S.C14H14O3S/c1-21-5-17-27(18-6-21)34(30,31)28-19-15-26(16-20-28)33-25-13-9-23(10-14-25)29(2,3)22-7-11-24(32-4)12-8-22;1-19-3-9-22(10-4-19)31-23-11-17-26(18-12-23)33(29,30)25-15-7-21(8-16-25)20-5-13-24(14-6-20)32(2,27)28;1-19-3-15-25(16-4-19)31(27,28)26-17-13-24(14-18-26)30-23-11-7-21(8-12-23)20-5-9-22(29-2)10-6-20;1-15-3-11-19(12-4-15)25(21,22)20-13-9-18(10-14-20)24-17-7-5-16(23-2)6-8-17;1-11-3-7-13(8-4-11)18(15,16)14-9-5-12(17-2)6-10-14/h5-20H,1-4H3;3-18H,1-2H3;3-18H,1-2H3;3-14H,1-2H3;3-10H,1-2H3. The van der Waals surface area contributed by atoms with E-state index in [0.29, 0.717) is 56.6 Å². The largest absolute Gasteiger partial charge is 0.497 e. The van der Waals surface area contributed by atoms with Crippen LogP contribution in [-0.4, -0.2) is 85.2 Å². The molecule has 0 saturated carbocycles. The van der Waals surface area contributed by atoms with Crippen LogP contribution in [0.25, 0.3) is 22.3 Å². The number of aryl methyl sites for hydroxylation is 5. The van der Waals surface area contributed by atoms with E-state index in [-0.39, 0.29) is 54.4 Å². The maximum atomic E-state index is 13.0. The first kappa shape index (κ1) is 103. The van der Waals surface area contributed by atoms with Crippen molar-refractivity contribution >= 4 is 59.0 Å². The molecular weight excluding hydrogens is 1890 g/mol. The molecule has 0 aliphatic carbocycles. The van der Waals surface area contributed by atoms with Gasteiger partial charge in [0.05, 0.1) is 82.3 Å². The molecule has 0 aromatic heterocycles. The number of ether oxygens (including phenoxy) is 8. The third-order valence-corrected chi connectivity index (χ3v) is 32.8. The molecule has 0 aliphatic heterocycles. The Bertz CT molecular complexity index is 7810. The minimum absolute atomic E-state index is 0.170. The predicted octanol–water partition coefficient (Wildman–Crippen LogP) is 26.4. The van der Waals surface area contributed by atoms with Crippen LogP contribution in [0.4, 0.5) is 0 Å². The van der Waals surface area contributed by atoms with E-state index >= 15 is 0 Å². The Hall–Kier alpha value is -15.2. The van der Waals surface area contributed by atoms with Gasteiger partial charge in [-0.15, -0.1) is 0 Å². The molecule has 0 spiro atoms. The van der Waals surface area contributed by atoms with E-state index in [4.69, 9.17) is 37.9 Å². The van der Waals surface area contributed by atoms with Gasteiger partial charge in [0.15, 0.2) is 9.84 Å². The number of methoxy groups -OCH3 is 4. The average Bonchev–Trinajstić information content (AvgIpc) is 0.819. The van der Waals surface area contributed by atoms with E-state index in [2.05, 4.69) is 38.1 Å². The van der Waals surface area contributed by atoms with Crippen LogP contribution in [-0.2, 0) is 64.4 Å². The van der Waals surface area contributed by atoms with E-state index in [1.807, 2.05) is 132 Å². The highest BCUT2D eigenvalue weighted by atomic mass is 32.2. The topological polar surface area (TPSA) is 279 Å². The number of hydrogen-bond acceptors (Lipinski definition) is 20. The number of sulfone groups is 6. The summed E-state index contributed by atoms with van der Waals surface area (Å²) in [4.78, 5) is 2.70.